The Kier molecular flexibility index (Phi) is 6.89. The average Bonchev–Trinajstić information content (AvgIpc) is 3.64. The molecule has 5 aromatic rings. The van der Waals surface area contributed by atoms with Crippen LogP contribution in [-0.4, -0.2) is 34.0 Å². The molecule has 3 heterocycles. The molecule has 9 nitrogen and oxygen atoms in total. The number of furan rings is 1. The molecule has 0 radical (unpaired) electrons. The zero-order valence-electron chi connectivity index (χ0n) is 20.7. The van der Waals surface area contributed by atoms with Crippen LogP contribution >= 0.6 is 23.1 Å². The van der Waals surface area contributed by atoms with Crippen molar-refractivity contribution in [1.29, 1.82) is 0 Å². The van der Waals surface area contributed by atoms with Gasteiger partial charge in [-0.15, -0.1) is 11.3 Å². The number of nitrogens with zero attached hydrogens (tertiary/aromatic N) is 3. The summed E-state index contributed by atoms with van der Waals surface area (Å²) < 4.78 is 7.33. The van der Waals surface area contributed by atoms with Crippen LogP contribution in [0.2, 0.25) is 0 Å². The molecule has 0 atom stereocenters. The van der Waals surface area contributed by atoms with Gasteiger partial charge in [0, 0.05) is 6.42 Å². The summed E-state index contributed by atoms with van der Waals surface area (Å²) in [6, 6.07) is 22.5. The van der Waals surface area contributed by atoms with Gasteiger partial charge in [-0.1, -0.05) is 30.3 Å². The molecule has 1 aliphatic heterocycles. The largest absolute Gasteiger partial charge is 0.508 e. The van der Waals surface area contributed by atoms with E-state index >= 15 is 0 Å². The summed E-state index contributed by atoms with van der Waals surface area (Å²) in [5, 5.41) is 14.3. The number of hydrogen-bond acceptors (Lipinski definition) is 9. The number of carbonyl (C=O) groups excluding carboxylic acids is 3. The Balaban J connectivity index is 1.08. The minimum absolute atomic E-state index is 0.163. The van der Waals surface area contributed by atoms with Crippen LogP contribution in [0, 0.1) is 0 Å². The van der Waals surface area contributed by atoms with Gasteiger partial charge in [0.25, 0.3) is 11.8 Å². The van der Waals surface area contributed by atoms with E-state index in [0.717, 1.165) is 14.6 Å². The Labute approximate surface area is 236 Å². The van der Waals surface area contributed by atoms with Crippen LogP contribution in [0.15, 0.2) is 97.8 Å². The Morgan fingerprint density at radius 1 is 1.02 bits per heavy atom. The average molecular weight is 569 g/mol. The Morgan fingerprint density at radius 2 is 1.77 bits per heavy atom. The molecule has 40 heavy (non-hydrogen) atoms. The van der Waals surface area contributed by atoms with Crippen LogP contribution in [0.3, 0.4) is 0 Å². The van der Waals surface area contributed by atoms with E-state index in [9.17, 15) is 19.5 Å². The number of anilines is 1. The molecule has 3 amide bonds. The molecule has 2 N–H and O–H groups in total. The second kappa shape index (κ2) is 10.8. The van der Waals surface area contributed by atoms with E-state index in [1.54, 1.807) is 78.9 Å². The number of hydrogen-bond donors (Lipinski definition) is 2. The fourth-order valence-corrected chi connectivity index (χ4v) is 6.24. The van der Waals surface area contributed by atoms with Crippen molar-refractivity contribution < 1.29 is 23.9 Å². The minimum Gasteiger partial charge on any atom is -0.508 e. The Morgan fingerprint density at radius 3 is 2.55 bits per heavy atom. The molecule has 6 rings (SSSR count). The molecule has 3 aromatic carbocycles. The monoisotopic (exact) mass is 568 g/mol. The summed E-state index contributed by atoms with van der Waals surface area (Å²) in [7, 11) is 0. The van der Waals surface area contributed by atoms with Gasteiger partial charge in [-0.2, -0.15) is 5.10 Å². The number of aromatic nitrogens is 1. The highest BCUT2D eigenvalue weighted by Gasteiger charge is 2.36. The second-order valence-electron chi connectivity index (χ2n) is 8.80. The number of hydrazone groups is 1. The first-order valence-corrected chi connectivity index (χ1v) is 13.8. The van der Waals surface area contributed by atoms with Crippen LogP contribution in [0.5, 0.6) is 5.75 Å². The van der Waals surface area contributed by atoms with Crippen LogP contribution in [0.25, 0.3) is 10.2 Å². The summed E-state index contributed by atoms with van der Waals surface area (Å²) in [4.78, 5) is 43.6. The number of nitrogens with one attached hydrogen (secondary N) is 1. The molecule has 0 saturated carbocycles. The van der Waals surface area contributed by atoms with Crippen molar-refractivity contribution >= 4 is 62.9 Å². The SMILES string of the molecule is O=C(CCc1ccccc1O)N/N=C\c1ccc(Sc2nc3ccc(N4C(=O)c5ccccc5C4=O)cc3s2)o1. The lowest BCUT2D eigenvalue weighted by atomic mass is 10.1. The molecular weight excluding hydrogens is 548 g/mol. The topological polar surface area (TPSA) is 125 Å². The lowest BCUT2D eigenvalue weighted by Gasteiger charge is -2.13. The zero-order valence-corrected chi connectivity index (χ0v) is 22.4. The fraction of sp³-hybridized carbons (Fsp3) is 0.0690. The number of carbonyl (C=O) groups is 3. The van der Waals surface area contributed by atoms with Crippen molar-refractivity contribution in [1.82, 2.24) is 10.4 Å². The summed E-state index contributed by atoms with van der Waals surface area (Å²) in [5.41, 5.74) is 5.20. The maximum absolute atomic E-state index is 12.8. The van der Waals surface area contributed by atoms with E-state index < -0.39 is 0 Å². The first kappa shape index (κ1) is 25.5. The predicted octanol–water partition coefficient (Wildman–Crippen LogP) is 5.63. The Hall–Kier alpha value is -4.74. The molecule has 0 unspecified atom stereocenters. The molecule has 0 fully saturated rings. The van der Waals surface area contributed by atoms with Crippen LogP contribution in [-0.2, 0) is 11.2 Å². The highest BCUT2D eigenvalue weighted by Crippen LogP contribution is 2.37. The molecule has 0 saturated heterocycles. The Bertz CT molecular complexity index is 1770. The van der Waals surface area contributed by atoms with Crippen LogP contribution < -0.4 is 10.3 Å². The van der Waals surface area contributed by atoms with Gasteiger partial charge in [0.15, 0.2) is 9.43 Å². The minimum atomic E-state index is -0.337. The number of phenolic OH excluding ortho intramolecular Hbond substituents is 1. The number of benzene rings is 3. The number of thiazole rings is 1. The molecule has 0 spiro atoms. The number of phenols is 1. The number of amides is 3. The first-order chi connectivity index (χ1) is 19.5. The van der Waals surface area contributed by atoms with Gasteiger partial charge in [-0.05, 0) is 72.3 Å². The van der Waals surface area contributed by atoms with Gasteiger partial charge in [0.2, 0.25) is 5.91 Å². The lowest BCUT2D eigenvalue weighted by Crippen LogP contribution is -2.29. The molecule has 1 aliphatic rings. The third kappa shape index (κ3) is 5.12. The summed E-state index contributed by atoms with van der Waals surface area (Å²) in [5.74, 6) is -0.338. The standard InChI is InChI=1S/C29H20N4O5S2/c34-23-8-4-1-5-17(23)9-13-25(35)32-30-16-19-11-14-26(38-19)40-29-31-22-12-10-18(15-24(22)39-29)33-27(36)20-6-2-3-7-21(20)28(33)37/h1-8,10-12,14-16,34H,9,13H2,(H,32,35)/b30-16-. The van der Waals surface area contributed by atoms with E-state index in [-0.39, 0.29) is 29.9 Å². The van der Waals surface area contributed by atoms with Crippen molar-refractivity contribution in [2.24, 2.45) is 5.10 Å². The van der Waals surface area contributed by atoms with Crippen molar-refractivity contribution in [3.63, 3.8) is 0 Å². The zero-order chi connectivity index (χ0) is 27.6. The molecule has 11 heteroatoms. The smallest absolute Gasteiger partial charge is 0.266 e. The fourth-order valence-electron chi connectivity index (χ4n) is 4.24. The second-order valence-corrected chi connectivity index (χ2v) is 11.1. The van der Waals surface area contributed by atoms with Gasteiger partial charge in [-0.25, -0.2) is 15.3 Å². The van der Waals surface area contributed by atoms with Gasteiger partial charge in [0.1, 0.15) is 11.5 Å². The molecule has 0 aliphatic carbocycles. The summed E-state index contributed by atoms with van der Waals surface area (Å²) in [6.07, 6.45) is 1.99. The van der Waals surface area contributed by atoms with Crippen molar-refractivity contribution in [2.45, 2.75) is 22.3 Å². The number of aryl methyl sites for hydroxylation is 1. The van der Waals surface area contributed by atoms with Gasteiger partial charge >= 0.3 is 0 Å². The quantitative estimate of drug-likeness (QED) is 0.141. The van der Waals surface area contributed by atoms with Crippen molar-refractivity contribution in [3.8, 4) is 5.75 Å². The van der Waals surface area contributed by atoms with Crippen molar-refractivity contribution in [3.05, 3.63) is 101 Å². The molecule has 2 aromatic heterocycles. The number of fused-ring (bicyclic) bond motifs is 2. The van der Waals surface area contributed by atoms with Crippen LogP contribution in [0.1, 0.15) is 38.5 Å². The molecular formula is C29H20N4O5S2. The summed E-state index contributed by atoms with van der Waals surface area (Å²) in [6.45, 7) is 0. The van der Waals surface area contributed by atoms with E-state index in [1.807, 2.05) is 0 Å². The van der Waals surface area contributed by atoms with Gasteiger partial charge in [0.05, 0.1) is 33.2 Å². The lowest BCUT2D eigenvalue weighted by molar-refractivity contribution is -0.121. The van der Waals surface area contributed by atoms with Crippen LogP contribution in [0.4, 0.5) is 5.69 Å². The van der Waals surface area contributed by atoms with E-state index in [1.165, 1.54) is 34.2 Å². The van der Waals surface area contributed by atoms with Gasteiger partial charge in [-0.3, -0.25) is 14.4 Å². The van der Waals surface area contributed by atoms with Crippen molar-refractivity contribution in [2.75, 3.05) is 4.90 Å². The number of rotatable bonds is 8. The normalized spacial score (nSPS) is 12.9. The molecule has 0 bridgehead atoms. The third-order valence-corrected chi connectivity index (χ3v) is 8.19. The highest BCUT2D eigenvalue weighted by molar-refractivity contribution is 8.01. The maximum atomic E-state index is 12.8. The third-order valence-electron chi connectivity index (χ3n) is 6.19. The maximum Gasteiger partial charge on any atom is 0.266 e. The predicted molar refractivity (Wildman–Crippen MR) is 152 cm³/mol. The van der Waals surface area contributed by atoms with E-state index in [0.29, 0.717) is 39.7 Å². The number of para-hydroxylation sites is 1. The highest BCUT2D eigenvalue weighted by atomic mass is 32.2. The number of imide groups is 1. The first-order valence-electron chi connectivity index (χ1n) is 12.2. The summed E-state index contributed by atoms with van der Waals surface area (Å²) >= 11 is 2.75. The van der Waals surface area contributed by atoms with E-state index in [4.69, 9.17) is 4.42 Å². The van der Waals surface area contributed by atoms with E-state index in [2.05, 4.69) is 15.5 Å². The number of aromatic hydroxyl groups is 1. The van der Waals surface area contributed by atoms with Gasteiger partial charge < -0.3 is 9.52 Å². The molecule has 198 valence electrons.